The maximum Gasteiger partial charge on any atom is 0.222 e. The summed E-state index contributed by atoms with van der Waals surface area (Å²) in [7, 11) is 0. The fraction of sp³-hybridized carbons (Fsp3) is 0.500. The van der Waals surface area contributed by atoms with E-state index in [0.29, 0.717) is 24.4 Å². The quantitative estimate of drug-likeness (QED) is 0.874. The van der Waals surface area contributed by atoms with E-state index in [-0.39, 0.29) is 11.9 Å². The van der Waals surface area contributed by atoms with E-state index in [0.717, 1.165) is 5.82 Å². The van der Waals surface area contributed by atoms with Gasteiger partial charge in [0.05, 0.1) is 6.54 Å². The average molecular weight is 263 g/mol. The Morgan fingerprint density at radius 2 is 2.26 bits per heavy atom. The lowest BCUT2D eigenvalue weighted by Crippen LogP contribution is -2.26. The summed E-state index contributed by atoms with van der Waals surface area (Å²) in [5.41, 5.74) is 1.35. The minimum absolute atomic E-state index is 0.0389. The van der Waals surface area contributed by atoms with E-state index >= 15 is 0 Å². The van der Waals surface area contributed by atoms with Gasteiger partial charge in [-0.3, -0.25) is 4.79 Å². The van der Waals surface area contributed by atoms with Crippen LogP contribution >= 0.6 is 0 Å². The third-order valence-electron chi connectivity index (χ3n) is 3.02. The predicted octanol–water partition coefficient (Wildman–Crippen LogP) is 1.15. The second kappa shape index (κ2) is 5.64. The Kier molecular flexibility index (Phi) is 3.94. The Labute approximate surface area is 111 Å². The van der Waals surface area contributed by atoms with Crippen LogP contribution in [0.15, 0.2) is 17.0 Å². The molecule has 2 aromatic heterocycles. The Morgan fingerprint density at radius 1 is 1.47 bits per heavy atom. The molecule has 2 aromatic rings. The first kappa shape index (κ1) is 13.3. The van der Waals surface area contributed by atoms with Gasteiger partial charge in [0.25, 0.3) is 0 Å². The van der Waals surface area contributed by atoms with Crippen LogP contribution in [-0.4, -0.2) is 25.8 Å². The number of imidazole rings is 1. The molecule has 0 bridgehead atoms. The SMILES string of the molecule is Cc1nonc1CNC(=O)CC(C)n1ccnc1C. The fourth-order valence-electron chi connectivity index (χ4n) is 1.88. The minimum atomic E-state index is -0.0389. The molecule has 1 amide bonds. The summed E-state index contributed by atoms with van der Waals surface area (Å²) in [6.45, 7) is 6.02. The van der Waals surface area contributed by atoms with E-state index in [4.69, 9.17) is 0 Å². The van der Waals surface area contributed by atoms with Gasteiger partial charge in [-0.2, -0.15) is 0 Å². The molecule has 19 heavy (non-hydrogen) atoms. The van der Waals surface area contributed by atoms with Crippen LogP contribution in [0.4, 0.5) is 0 Å². The number of amides is 1. The van der Waals surface area contributed by atoms with Crippen molar-refractivity contribution in [2.45, 2.75) is 39.8 Å². The van der Waals surface area contributed by atoms with Crippen LogP contribution in [0.2, 0.25) is 0 Å². The van der Waals surface area contributed by atoms with Crippen molar-refractivity contribution in [1.82, 2.24) is 25.2 Å². The second-order valence-corrected chi connectivity index (χ2v) is 4.51. The minimum Gasteiger partial charge on any atom is -0.350 e. The number of carbonyl (C=O) groups excluding carboxylic acids is 1. The highest BCUT2D eigenvalue weighted by Crippen LogP contribution is 2.12. The van der Waals surface area contributed by atoms with Crippen molar-refractivity contribution >= 4 is 5.91 Å². The first-order valence-electron chi connectivity index (χ1n) is 6.12. The van der Waals surface area contributed by atoms with E-state index in [1.807, 2.05) is 24.6 Å². The van der Waals surface area contributed by atoms with Crippen LogP contribution in [0, 0.1) is 13.8 Å². The number of nitrogens with one attached hydrogen (secondary N) is 1. The normalized spacial score (nSPS) is 12.4. The first-order chi connectivity index (χ1) is 9.08. The number of hydrogen-bond acceptors (Lipinski definition) is 5. The molecule has 0 radical (unpaired) electrons. The molecular formula is C12H17N5O2. The standard InChI is InChI=1S/C12H17N5O2/c1-8(17-5-4-13-10(17)3)6-12(18)14-7-11-9(2)15-19-16-11/h4-5,8H,6-7H2,1-3H3,(H,14,18). The van der Waals surface area contributed by atoms with Gasteiger partial charge in [0.15, 0.2) is 0 Å². The average Bonchev–Trinajstić information content (AvgIpc) is 2.95. The number of hydrogen-bond donors (Lipinski definition) is 1. The number of carbonyl (C=O) groups is 1. The lowest BCUT2D eigenvalue weighted by atomic mass is 10.2. The zero-order chi connectivity index (χ0) is 13.8. The summed E-state index contributed by atoms with van der Waals surface area (Å²) >= 11 is 0. The van der Waals surface area contributed by atoms with Gasteiger partial charge < -0.3 is 9.88 Å². The molecule has 1 atom stereocenters. The Morgan fingerprint density at radius 3 is 2.84 bits per heavy atom. The molecule has 7 nitrogen and oxygen atoms in total. The fourth-order valence-corrected chi connectivity index (χ4v) is 1.88. The van der Waals surface area contributed by atoms with Crippen LogP contribution in [0.5, 0.6) is 0 Å². The summed E-state index contributed by atoms with van der Waals surface area (Å²) in [6.07, 6.45) is 3.99. The van der Waals surface area contributed by atoms with Gasteiger partial charge >= 0.3 is 0 Å². The molecule has 0 aliphatic heterocycles. The van der Waals surface area contributed by atoms with Crippen molar-refractivity contribution < 1.29 is 9.42 Å². The molecule has 102 valence electrons. The molecule has 0 aromatic carbocycles. The Hall–Kier alpha value is -2.18. The van der Waals surface area contributed by atoms with Gasteiger partial charge in [-0.25, -0.2) is 9.61 Å². The highest BCUT2D eigenvalue weighted by molar-refractivity contribution is 5.76. The second-order valence-electron chi connectivity index (χ2n) is 4.51. The molecule has 7 heteroatoms. The lowest BCUT2D eigenvalue weighted by molar-refractivity contribution is -0.121. The largest absolute Gasteiger partial charge is 0.350 e. The van der Waals surface area contributed by atoms with E-state index in [1.54, 1.807) is 13.1 Å². The maximum atomic E-state index is 11.8. The molecule has 0 fully saturated rings. The van der Waals surface area contributed by atoms with Gasteiger partial charge in [0.1, 0.15) is 17.2 Å². The maximum absolute atomic E-state index is 11.8. The third-order valence-corrected chi connectivity index (χ3v) is 3.02. The number of aryl methyl sites for hydroxylation is 2. The van der Waals surface area contributed by atoms with Gasteiger partial charge in [0, 0.05) is 24.9 Å². The molecule has 0 saturated carbocycles. The number of nitrogens with zero attached hydrogens (tertiary/aromatic N) is 4. The van der Waals surface area contributed by atoms with E-state index in [9.17, 15) is 4.79 Å². The van der Waals surface area contributed by atoms with Crippen LogP contribution < -0.4 is 5.32 Å². The zero-order valence-corrected chi connectivity index (χ0v) is 11.3. The third kappa shape index (κ3) is 3.18. The highest BCUT2D eigenvalue weighted by Gasteiger charge is 2.13. The van der Waals surface area contributed by atoms with Gasteiger partial charge in [-0.05, 0) is 20.8 Å². The number of rotatable bonds is 5. The van der Waals surface area contributed by atoms with Crippen molar-refractivity contribution in [3.63, 3.8) is 0 Å². The molecule has 2 rings (SSSR count). The molecule has 0 aliphatic carbocycles. The van der Waals surface area contributed by atoms with Crippen molar-refractivity contribution in [1.29, 1.82) is 0 Å². The van der Waals surface area contributed by atoms with Crippen molar-refractivity contribution in [3.05, 3.63) is 29.6 Å². The van der Waals surface area contributed by atoms with E-state index in [2.05, 4.69) is 25.2 Å². The molecular weight excluding hydrogens is 246 g/mol. The van der Waals surface area contributed by atoms with Gasteiger partial charge in [-0.1, -0.05) is 10.3 Å². The topological polar surface area (TPSA) is 85.8 Å². The Bertz CT molecular complexity index is 560. The molecule has 1 N–H and O–H groups in total. The summed E-state index contributed by atoms with van der Waals surface area (Å²) in [4.78, 5) is 16.0. The van der Waals surface area contributed by atoms with Crippen LogP contribution in [-0.2, 0) is 11.3 Å². The van der Waals surface area contributed by atoms with Crippen molar-refractivity contribution in [2.24, 2.45) is 0 Å². The van der Waals surface area contributed by atoms with Gasteiger partial charge in [-0.15, -0.1) is 0 Å². The van der Waals surface area contributed by atoms with Crippen molar-refractivity contribution in [2.75, 3.05) is 0 Å². The van der Waals surface area contributed by atoms with Gasteiger partial charge in [0.2, 0.25) is 5.91 Å². The van der Waals surface area contributed by atoms with E-state index < -0.39 is 0 Å². The zero-order valence-electron chi connectivity index (χ0n) is 11.3. The van der Waals surface area contributed by atoms with Crippen LogP contribution in [0.1, 0.15) is 36.6 Å². The molecule has 1 unspecified atom stereocenters. The molecule has 2 heterocycles. The summed E-state index contributed by atoms with van der Waals surface area (Å²) in [6, 6.07) is 0.0685. The molecule has 0 spiro atoms. The first-order valence-corrected chi connectivity index (χ1v) is 6.12. The summed E-state index contributed by atoms with van der Waals surface area (Å²) < 4.78 is 6.54. The predicted molar refractivity (Wildman–Crippen MR) is 67.2 cm³/mol. The Balaban J connectivity index is 1.85. The van der Waals surface area contributed by atoms with E-state index in [1.165, 1.54) is 0 Å². The smallest absolute Gasteiger partial charge is 0.222 e. The monoisotopic (exact) mass is 263 g/mol. The lowest BCUT2D eigenvalue weighted by Gasteiger charge is -2.14. The van der Waals surface area contributed by atoms with Crippen molar-refractivity contribution in [3.8, 4) is 0 Å². The highest BCUT2D eigenvalue weighted by atomic mass is 16.6. The summed E-state index contributed by atoms with van der Waals surface area (Å²) in [5.74, 6) is 0.861. The van der Waals surface area contributed by atoms with Crippen LogP contribution in [0.3, 0.4) is 0 Å². The molecule has 0 aliphatic rings. The summed E-state index contributed by atoms with van der Waals surface area (Å²) in [5, 5.41) is 10.2. The number of aromatic nitrogens is 4. The molecule has 0 saturated heterocycles. The van der Waals surface area contributed by atoms with Crippen LogP contribution in [0.25, 0.3) is 0 Å².